The van der Waals surface area contributed by atoms with Crippen molar-refractivity contribution in [2.45, 2.75) is 206 Å². The van der Waals surface area contributed by atoms with Gasteiger partial charge < -0.3 is 4.90 Å². The van der Waals surface area contributed by atoms with E-state index in [0.717, 1.165) is 0 Å². The fraction of sp³-hybridized carbons (Fsp3) is 1.00. The smallest absolute Gasteiger partial charge is 0.00218 e. The topological polar surface area (TPSA) is 3.24 Å². The molecule has 0 rings (SSSR count). The van der Waals surface area contributed by atoms with Crippen LogP contribution in [0.2, 0.25) is 0 Å². The van der Waals surface area contributed by atoms with Crippen molar-refractivity contribution in [3.05, 3.63) is 0 Å². The number of hydrogen-bond donors (Lipinski definition) is 0. The third kappa shape index (κ3) is 32.0. The van der Waals surface area contributed by atoms with Crippen molar-refractivity contribution in [2.24, 2.45) is 0 Å². The molecule has 1 nitrogen and oxygen atoms in total. The molecule has 218 valence electrons. The van der Waals surface area contributed by atoms with Crippen LogP contribution in [-0.2, 0) is 0 Å². The second kappa shape index (κ2) is 33.0. The second-order valence-electron chi connectivity index (χ2n) is 12.2. The van der Waals surface area contributed by atoms with Crippen molar-refractivity contribution < 1.29 is 0 Å². The van der Waals surface area contributed by atoms with E-state index in [1.54, 1.807) is 0 Å². The van der Waals surface area contributed by atoms with Gasteiger partial charge in [0, 0.05) is 0 Å². The maximum absolute atomic E-state index is 2.59. The zero-order valence-electron chi connectivity index (χ0n) is 26.1. The molecule has 0 spiro atoms. The Morgan fingerprint density at radius 3 is 0.611 bits per heavy atom. The molecular formula is C35H73N. The van der Waals surface area contributed by atoms with Crippen LogP contribution in [0.1, 0.15) is 206 Å². The Hall–Kier alpha value is -0.0400. The van der Waals surface area contributed by atoms with E-state index in [-0.39, 0.29) is 0 Å². The van der Waals surface area contributed by atoms with Crippen LogP contribution in [0.4, 0.5) is 0 Å². The molecule has 0 fully saturated rings. The summed E-state index contributed by atoms with van der Waals surface area (Å²) in [5.74, 6) is 0. The van der Waals surface area contributed by atoms with Crippen LogP contribution < -0.4 is 0 Å². The summed E-state index contributed by atoms with van der Waals surface area (Å²) < 4.78 is 0. The van der Waals surface area contributed by atoms with E-state index in [2.05, 4.69) is 25.8 Å². The average Bonchev–Trinajstić information content (AvgIpc) is 2.88. The minimum absolute atomic E-state index is 1.32. The summed E-state index contributed by atoms with van der Waals surface area (Å²) in [5, 5.41) is 0. The first-order valence-corrected chi connectivity index (χ1v) is 17.5. The maximum atomic E-state index is 2.59. The normalized spacial score (nSPS) is 11.7. The van der Waals surface area contributed by atoms with E-state index in [4.69, 9.17) is 0 Å². The molecule has 0 bridgehead atoms. The highest BCUT2D eigenvalue weighted by atomic mass is 15.1. The monoisotopic (exact) mass is 508 g/mol. The van der Waals surface area contributed by atoms with Gasteiger partial charge in [-0.15, -0.1) is 0 Å². The van der Waals surface area contributed by atoms with Gasteiger partial charge in [-0.25, -0.2) is 0 Å². The highest BCUT2D eigenvalue weighted by Crippen LogP contribution is 2.15. The Labute approximate surface area is 231 Å². The second-order valence-corrected chi connectivity index (χ2v) is 12.2. The van der Waals surface area contributed by atoms with Crippen molar-refractivity contribution in [1.29, 1.82) is 0 Å². The van der Waals surface area contributed by atoms with Crippen molar-refractivity contribution in [3.63, 3.8) is 0 Å². The van der Waals surface area contributed by atoms with Crippen LogP contribution in [0.3, 0.4) is 0 Å². The van der Waals surface area contributed by atoms with Gasteiger partial charge in [0.05, 0.1) is 0 Å². The molecular weight excluding hydrogens is 434 g/mol. The summed E-state index contributed by atoms with van der Waals surface area (Å²) in [5.41, 5.74) is 0. The molecule has 0 aliphatic carbocycles. The van der Waals surface area contributed by atoms with Gasteiger partial charge in [-0.2, -0.15) is 0 Å². The minimum Gasteiger partial charge on any atom is -0.306 e. The van der Waals surface area contributed by atoms with Crippen LogP contribution in [-0.4, -0.2) is 25.0 Å². The van der Waals surface area contributed by atoms with Crippen LogP contribution in [0.25, 0.3) is 0 Å². The van der Waals surface area contributed by atoms with Crippen LogP contribution >= 0.6 is 0 Å². The van der Waals surface area contributed by atoms with Gasteiger partial charge in [0.15, 0.2) is 0 Å². The molecule has 0 atom stereocenters. The first-order chi connectivity index (χ1) is 17.8. The molecule has 0 amide bonds. The Morgan fingerprint density at radius 1 is 0.250 bits per heavy atom. The molecule has 0 aliphatic heterocycles. The predicted octanol–water partition coefficient (Wildman–Crippen LogP) is 12.7. The van der Waals surface area contributed by atoms with Gasteiger partial charge in [-0.1, -0.05) is 194 Å². The van der Waals surface area contributed by atoms with Gasteiger partial charge in [-0.3, -0.25) is 0 Å². The first-order valence-electron chi connectivity index (χ1n) is 17.5. The molecule has 0 radical (unpaired) electrons. The molecule has 0 saturated carbocycles. The molecule has 0 heterocycles. The highest BCUT2D eigenvalue weighted by molar-refractivity contribution is 4.55. The standard InChI is InChI=1S/C35H73N/c1-4-6-8-10-12-14-16-18-20-22-24-26-28-30-32-34-36(3)35-33-31-29-27-25-23-21-19-17-15-13-11-9-7-5-2/h4-35H2,1-3H3. The zero-order chi connectivity index (χ0) is 26.2. The SMILES string of the molecule is CCCCCCCCCCCCCCCCCN(C)CCCCCCCCCCCCCCCCC. The summed E-state index contributed by atoms with van der Waals surface area (Å²) in [6.07, 6.45) is 43.8. The Kier molecular flexibility index (Phi) is 33.0. The quantitative estimate of drug-likeness (QED) is 0.0818. The van der Waals surface area contributed by atoms with Crippen molar-refractivity contribution in [3.8, 4) is 0 Å². The molecule has 0 aromatic rings. The summed E-state index contributed by atoms with van der Waals surface area (Å²) >= 11 is 0. The van der Waals surface area contributed by atoms with Gasteiger partial charge in [0.2, 0.25) is 0 Å². The Bertz CT molecular complexity index is 332. The van der Waals surface area contributed by atoms with Crippen LogP contribution in [0.5, 0.6) is 0 Å². The largest absolute Gasteiger partial charge is 0.306 e. The summed E-state index contributed by atoms with van der Waals surface area (Å²) in [7, 11) is 2.34. The summed E-state index contributed by atoms with van der Waals surface area (Å²) in [6, 6.07) is 0. The molecule has 0 saturated heterocycles. The van der Waals surface area contributed by atoms with Gasteiger partial charge >= 0.3 is 0 Å². The van der Waals surface area contributed by atoms with E-state index in [1.165, 1.54) is 206 Å². The van der Waals surface area contributed by atoms with E-state index in [0.29, 0.717) is 0 Å². The molecule has 36 heavy (non-hydrogen) atoms. The average molecular weight is 508 g/mol. The fourth-order valence-electron chi connectivity index (χ4n) is 5.62. The van der Waals surface area contributed by atoms with Crippen LogP contribution in [0, 0.1) is 0 Å². The van der Waals surface area contributed by atoms with E-state index in [9.17, 15) is 0 Å². The Morgan fingerprint density at radius 2 is 0.417 bits per heavy atom. The summed E-state index contributed by atoms with van der Waals surface area (Å²) in [6.45, 7) is 7.25. The number of nitrogens with zero attached hydrogens (tertiary/aromatic N) is 1. The van der Waals surface area contributed by atoms with Crippen molar-refractivity contribution in [1.82, 2.24) is 4.90 Å². The van der Waals surface area contributed by atoms with E-state index < -0.39 is 0 Å². The molecule has 0 aromatic carbocycles. The lowest BCUT2D eigenvalue weighted by Crippen LogP contribution is -2.20. The molecule has 1 heteroatoms. The van der Waals surface area contributed by atoms with Crippen molar-refractivity contribution >= 4 is 0 Å². The van der Waals surface area contributed by atoms with Crippen LogP contribution in [0.15, 0.2) is 0 Å². The van der Waals surface area contributed by atoms with Gasteiger partial charge in [0.25, 0.3) is 0 Å². The molecule has 0 aliphatic rings. The summed E-state index contributed by atoms with van der Waals surface area (Å²) in [4.78, 5) is 2.59. The fourth-order valence-corrected chi connectivity index (χ4v) is 5.62. The minimum atomic E-state index is 1.32. The number of hydrogen-bond acceptors (Lipinski definition) is 1. The van der Waals surface area contributed by atoms with Gasteiger partial charge in [0.1, 0.15) is 0 Å². The number of unbranched alkanes of at least 4 members (excludes halogenated alkanes) is 28. The third-order valence-electron chi connectivity index (χ3n) is 8.29. The first kappa shape index (κ1) is 36.0. The number of rotatable bonds is 32. The Balaban J connectivity index is 3.13. The molecule has 0 aromatic heterocycles. The lowest BCUT2D eigenvalue weighted by Gasteiger charge is -2.16. The van der Waals surface area contributed by atoms with Crippen molar-refractivity contribution in [2.75, 3.05) is 20.1 Å². The predicted molar refractivity (Wildman–Crippen MR) is 167 cm³/mol. The van der Waals surface area contributed by atoms with E-state index >= 15 is 0 Å². The third-order valence-corrected chi connectivity index (χ3v) is 8.29. The van der Waals surface area contributed by atoms with E-state index in [1.807, 2.05) is 0 Å². The highest BCUT2D eigenvalue weighted by Gasteiger charge is 2.00. The molecule has 0 unspecified atom stereocenters. The van der Waals surface area contributed by atoms with Gasteiger partial charge in [-0.05, 0) is 33.0 Å². The maximum Gasteiger partial charge on any atom is -0.00218 e. The lowest BCUT2D eigenvalue weighted by molar-refractivity contribution is 0.314. The zero-order valence-corrected chi connectivity index (χ0v) is 26.1. The lowest BCUT2D eigenvalue weighted by atomic mass is 10.0. The molecule has 0 N–H and O–H groups in total.